The summed E-state index contributed by atoms with van der Waals surface area (Å²) in [5, 5.41) is 23.2. The molecule has 1 aliphatic heterocycles. The number of Topliss-reactive ketones (excluding diaryl/α,β-unsaturated/α-hetero) is 1. The van der Waals surface area contributed by atoms with Gasteiger partial charge in [-0.05, 0) is 35.2 Å². The van der Waals surface area contributed by atoms with Gasteiger partial charge in [0.2, 0.25) is 15.9 Å². The van der Waals surface area contributed by atoms with Crippen molar-refractivity contribution < 1.29 is 33.0 Å². The molecule has 3 rings (SSSR count). The minimum absolute atomic E-state index is 0.0283. The second-order valence-electron chi connectivity index (χ2n) is 8.36. The minimum atomic E-state index is -4.13. The first kappa shape index (κ1) is 24.3. The van der Waals surface area contributed by atoms with E-state index in [-0.39, 0.29) is 23.8 Å². The van der Waals surface area contributed by atoms with Crippen LogP contribution in [0.5, 0.6) is 0 Å². The topological polar surface area (TPSA) is 145 Å². The highest BCUT2D eigenvalue weighted by Gasteiger charge is 2.54. The van der Waals surface area contributed by atoms with E-state index in [1.807, 2.05) is 26.0 Å². The molecule has 2 aromatic rings. The standard InChI is InChI=1S/C22H28N2O7S/c1-14(2)9-18(20(27)22(12-26)13-31-22)23-21(28)19(11-25)24-32(29,30)17-8-7-15-5-3-4-6-16(15)10-17/h3-8,10,14,18-19,24-26H,9,11-13H2,1-2H3,(H,23,28)/t18?,19-,22+/m0/s1. The van der Waals surface area contributed by atoms with Gasteiger partial charge >= 0.3 is 0 Å². The third-order valence-electron chi connectivity index (χ3n) is 5.37. The molecule has 4 N–H and O–H groups in total. The molecule has 3 atom stereocenters. The van der Waals surface area contributed by atoms with Crippen LogP contribution in [-0.2, 0) is 24.3 Å². The van der Waals surface area contributed by atoms with Crippen molar-refractivity contribution in [3.8, 4) is 0 Å². The maximum Gasteiger partial charge on any atom is 0.241 e. The Bertz CT molecular complexity index is 1100. The highest BCUT2D eigenvalue weighted by Crippen LogP contribution is 2.30. The Kier molecular flexibility index (Phi) is 7.31. The molecular weight excluding hydrogens is 436 g/mol. The Morgan fingerprint density at radius 1 is 1.09 bits per heavy atom. The Hall–Kier alpha value is -2.37. The van der Waals surface area contributed by atoms with E-state index in [0.717, 1.165) is 5.39 Å². The molecule has 0 bridgehead atoms. The van der Waals surface area contributed by atoms with Crippen LogP contribution in [0.25, 0.3) is 10.8 Å². The SMILES string of the molecule is CC(C)CC(NC(=O)[C@H](CO)NS(=O)(=O)c1ccc2ccccc2c1)C(=O)[C@@]1(CO)CO1. The molecule has 0 spiro atoms. The summed E-state index contributed by atoms with van der Waals surface area (Å²) < 4.78 is 33.0. The third-order valence-corrected chi connectivity index (χ3v) is 6.83. The van der Waals surface area contributed by atoms with Crippen LogP contribution in [0.1, 0.15) is 20.3 Å². The van der Waals surface area contributed by atoms with Crippen molar-refractivity contribution >= 4 is 32.5 Å². The molecular formula is C22H28N2O7S. The summed E-state index contributed by atoms with van der Waals surface area (Å²) in [6.45, 7) is 2.47. The summed E-state index contributed by atoms with van der Waals surface area (Å²) in [4.78, 5) is 25.5. The Morgan fingerprint density at radius 2 is 1.75 bits per heavy atom. The molecule has 32 heavy (non-hydrogen) atoms. The fourth-order valence-electron chi connectivity index (χ4n) is 3.45. The quantitative estimate of drug-likeness (QED) is 0.351. The van der Waals surface area contributed by atoms with Crippen molar-refractivity contribution in [2.24, 2.45) is 5.92 Å². The summed E-state index contributed by atoms with van der Waals surface area (Å²) >= 11 is 0. The molecule has 0 aliphatic carbocycles. The van der Waals surface area contributed by atoms with Crippen molar-refractivity contribution in [2.75, 3.05) is 19.8 Å². The number of sulfonamides is 1. The van der Waals surface area contributed by atoms with Crippen molar-refractivity contribution in [1.82, 2.24) is 10.0 Å². The second-order valence-corrected chi connectivity index (χ2v) is 10.1. The third kappa shape index (κ3) is 5.33. The van der Waals surface area contributed by atoms with E-state index in [1.54, 1.807) is 18.2 Å². The number of carbonyl (C=O) groups excluding carboxylic acids is 2. The van der Waals surface area contributed by atoms with Crippen LogP contribution in [0.15, 0.2) is 47.4 Å². The number of carbonyl (C=O) groups is 2. The average Bonchev–Trinajstić information content (AvgIpc) is 3.57. The lowest BCUT2D eigenvalue weighted by molar-refractivity contribution is -0.133. The second kappa shape index (κ2) is 9.63. The van der Waals surface area contributed by atoms with Crippen LogP contribution in [-0.4, -0.2) is 67.8 Å². The largest absolute Gasteiger partial charge is 0.394 e. The zero-order valence-corrected chi connectivity index (χ0v) is 18.8. The van der Waals surface area contributed by atoms with E-state index >= 15 is 0 Å². The number of aliphatic hydroxyl groups is 2. The van der Waals surface area contributed by atoms with Gasteiger partial charge in [-0.2, -0.15) is 4.72 Å². The van der Waals surface area contributed by atoms with E-state index in [1.165, 1.54) is 12.1 Å². The Morgan fingerprint density at radius 3 is 2.31 bits per heavy atom. The van der Waals surface area contributed by atoms with Crippen molar-refractivity contribution in [3.05, 3.63) is 42.5 Å². The number of amides is 1. The molecule has 1 fully saturated rings. The van der Waals surface area contributed by atoms with Gasteiger partial charge in [0.05, 0.1) is 30.8 Å². The Labute approximate surface area is 186 Å². The number of fused-ring (bicyclic) bond motifs is 1. The van der Waals surface area contributed by atoms with Crippen LogP contribution in [0.2, 0.25) is 0 Å². The van der Waals surface area contributed by atoms with Crippen LogP contribution >= 0.6 is 0 Å². The van der Waals surface area contributed by atoms with Gasteiger partial charge in [-0.15, -0.1) is 0 Å². The van der Waals surface area contributed by atoms with Crippen molar-refractivity contribution in [2.45, 2.75) is 42.8 Å². The zero-order chi connectivity index (χ0) is 23.5. The predicted octanol–water partition coefficient (Wildman–Crippen LogP) is 0.340. The zero-order valence-electron chi connectivity index (χ0n) is 17.9. The summed E-state index contributed by atoms with van der Waals surface area (Å²) in [6, 6.07) is 9.28. The molecule has 1 unspecified atom stereocenters. The highest BCUT2D eigenvalue weighted by atomic mass is 32.2. The summed E-state index contributed by atoms with van der Waals surface area (Å²) in [7, 11) is -4.13. The van der Waals surface area contributed by atoms with Gasteiger partial charge in [-0.3, -0.25) is 9.59 Å². The number of rotatable bonds is 11. The van der Waals surface area contributed by atoms with E-state index in [9.17, 15) is 28.2 Å². The van der Waals surface area contributed by atoms with Crippen LogP contribution < -0.4 is 10.0 Å². The monoisotopic (exact) mass is 464 g/mol. The van der Waals surface area contributed by atoms with Gasteiger partial charge in [0.1, 0.15) is 6.04 Å². The lowest BCUT2D eigenvalue weighted by Gasteiger charge is -2.24. The minimum Gasteiger partial charge on any atom is -0.394 e. The lowest BCUT2D eigenvalue weighted by Crippen LogP contribution is -2.55. The molecule has 0 aromatic heterocycles. The number of epoxide rings is 1. The fourth-order valence-corrected chi connectivity index (χ4v) is 4.68. The highest BCUT2D eigenvalue weighted by molar-refractivity contribution is 7.89. The number of benzene rings is 2. The van der Waals surface area contributed by atoms with E-state index in [2.05, 4.69) is 10.0 Å². The van der Waals surface area contributed by atoms with E-state index in [4.69, 9.17) is 4.74 Å². The maximum atomic E-state index is 12.8. The normalized spacial score (nSPS) is 20.2. The van der Waals surface area contributed by atoms with Crippen LogP contribution in [0, 0.1) is 5.92 Å². The molecule has 1 heterocycles. The Balaban J connectivity index is 1.76. The number of ketones is 1. The van der Waals surface area contributed by atoms with E-state index in [0.29, 0.717) is 5.39 Å². The number of ether oxygens (including phenoxy) is 1. The smallest absolute Gasteiger partial charge is 0.241 e. The molecule has 1 amide bonds. The maximum absolute atomic E-state index is 12.8. The molecule has 2 aromatic carbocycles. The van der Waals surface area contributed by atoms with Gasteiger partial charge in [-0.25, -0.2) is 8.42 Å². The first-order chi connectivity index (χ1) is 15.1. The molecule has 9 nitrogen and oxygen atoms in total. The average molecular weight is 465 g/mol. The molecule has 0 radical (unpaired) electrons. The predicted molar refractivity (Wildman–Crippen MR) is 117 cm³/mol. The molecule has 174 valence electrons. The van der Waals surface area contributed by atoms with E-state index < -0.39 is 52.6 Å². The lowest BCUT2D eigenvalue weighted by atomic mass is 9.92. The van der Waals surface area contributed by atoms with Crippen LogP contribution in [0.3, 0.4) is 0 Å². The fraction of sp³-hybridized carbons (Fsp3) is 0.455. The first-order valence-corrected chi connectivity index (χ1v) is 11.8. The number of hydrogen-bond acceptors (Lipinski definition) is 7. The summed E-state index contributed by atoms with van der Waals surface area (Å²) in [5.74, 6) is -1.29. The first-order valence-electron chi connectivity index (χ1n) is 10.3. The summed E-state index contributed by atoms with van der Waals surface area (Å²) in [6.07, 6.45) is 0.269. The van der Waals surface area contributed by atoms with Gasteiger partial charge in [0, 0.05) is 0 Å². The van der Waals surface area contributed by atoms with Crippen molar-refractivity contribution in [3.63, 3.8) is 0 Å². The number of hydrogen-bond donors (Lipinski definition) is 4. The van der Waals surface area contributed by atoms with Gasteiger partial charge in [0.25, 0.3) is 0 Å². The molecule has 0 saturated carbocycles. The van der Waals surface area contributed by atoms with Gasteiger partial charge in [0.15, 0.2) is 11.4 Å². The molecule has 1 saturated heterocycles. The van der Waals surface area contributed by atoms with Crippen LogP contribution in [0.4, 0.5) is 0 Å². The number of aliphatic hydroxyl groups excluding tert-OH is 2. The van der Waals surface area contributed by atoms with Gasteiger partial charge in [-0.1, -0.05) is 44.2 Å². The van der Waals surface area contributed by atoms with Crippen molar-refractivity contribution in [1.29, 1.82) is 0 Å². The molecule has 1 aliphatic rings. The van der Waals surface area contributed by atoms with Gasteiger partial charge < -0.3 is 20.3 Å². The summed E-state index contributed by atoms with van der Waals surface area (Å²) in [5.41, 5.74) is -1.33. The molecule has 10 heteroatoms. The number of nitrogens with one attached hydrogen (secondary N) is 2.